The van der Waals surface area contributed by atoms with Gasteiger partial charge in [0.25, 0.3) is 0 Å². The SMILES string of the molecule is CS(=O)(=O)c1ccc(F)c(C2(CN)CCC2)c1F. The summed E-state index contributed by atoms with van der Waals surface area (Å²) in [5, 5.41) is 0. The Bertz CT molecular complexity index is 574. The van der Waals surface area contributed by atoms with Crippen molar-refractivity contribution < 1.29 is 17.2 Å². The highest BCUT2D eigenvalue weighted by Crippen LogP contribution is 2.45. The zero-order valence-corrected chi connectivity index (χ0v) is 10.9. The molecule has 0 aromatic heterocycles. The molecule has 0 spiro atoms. The van der Waals surface area contributed by atoms with E-state index in [2.05, 4.69) is 0 Å². The van der Waals surface area contributed by atoms with E-state index in [0.29, 0.717) is 12.8 Å². The molecule has 0 heterocycles. The van der Waals surface area contributed by atoms with Gasteiger partial charge in [0, 0.05) is 23.8 Å². The van der Waals surface area contributed by atoms with E-state index < -0.39 is 31.8 Å². The summed E-state index contributed by atoms with van der Waals surface area (Å²) in [5.41, 5.74) is 4.71. The molecule has 2 N–H and O–H groups in total. The van der Waals surface area contributed by atoms with Crippen molar-refractivity contribution >= 4 is 9.84 Å². The average molecular weight is 275 g/mol. The maximum Gasteiger partial charge on any atom is 0.178 e. The van der Waals surface area contributed by atoms with E-state index in [1.54, 1.807) is 0 Å². The normalized spacial score (nSPS) is 18.4. The molecule has 1 fully saturated rings. The molecule has 0 atom stereocenters. The number of hydrogen-bond donors (Lipinski definition) is 1. The van der Waals surface area contributed by atoms with Gasteiger partial charge >= 0.3 is 0 Å². The first-order valence-corrected chi connectivity index (χ1v) is 7.59. The predicted molar refractivity (Wildman–Crippen MR) is 64.1 cm³/mol. The van der Waals surface area contributed by atoms with Crippen LogP contribution in [0.25, 0.3) is 0 Å². The zero-order chi connectivity index (χ0) is 13.6. The van der Waals surface area contributed by atoms with Crippen molar-refractivity contribution in [3.05, 3.63) is 29.3 Å². The van der Waals surface area contributed by atoms with Gasteiger partial charge in [-0.25, -0.2) is 17.2 Å². The fourth-order valence-electron chi connectivity index (χ4n) is 2.47. The minimum atomic E-state index is -3.71. The number of halogens is 2. The zero-order valence-electron chi connectivity index (χ0n) is 10.0. The van der Waals surface area contributed by atoms with Crippen molar-refractivity contribution in [2.24, 2.45) is 5.73 Å². The summed E-state index contributed by atoms with van der Waals surface area (Å²) in [6, 6.07) is 1.97. The Morgan fingerprint density at radius 2 is 1.94 bits per heavy atom. The molecule has 0 aliphatic heterocycles. The minimum Gasteiger partial charge on any atom is -0.330 e. The molecule has 1 aromatic rings. The fraction of sp³-hybridized carbons (Fsp3) is 0.500. The molecule has 1 aromatic carbocycles. The first kappa shape index (κ1) is 13.4. The summed E-state index contributed by atoms with van der Waals surface area (Å²) < 4.78 is 51.0. The maximum atomic E-state index is 14.3. The van der Waals surface area contributed by atoms with Gasteiger partial charge < -0.3 is 5.73 Å². The second-order valence-electron chi connectivity index (χ2n) is 4.84. The topological polar surface area (TPSA) is 60.2 Å². The first-order chi connectivity index (χ1) is 8.32. The number of nitrogens with two attached hydrogens (primary N) is 1. The van der Waals surface area contributed by atoms with Crippen LogP contribution < -0.4 is 5.73 Å². The lowest BCUT2D eigenvalue weighted by Gasteiger charge is -2.41. The van der Waals surface area contributed by atoms with Crippen molar-refractivity contribution in [1.29, 1.82) is 0 Å². The van der Waals surface area contributed by atoms with Gasteiger partial charge in [-0.15, -0.1) is 0 Å². The Morgan fingerprint density at radius 3 is 2.33 bits per heavy atom. The first-order valence-electron chi connectivity index (χ1n) is 5.70. The monoisotopic (exact) mass is 275 g/mol. The Kier molecular flexibility index (Phi) is 3.19. The van der Waals surface area contributed by atoms with E-state index in [0.717, 1.165) is 24.8 Å². The van der Waals surface area contributed by atoms with E-state index in [1.165, 1.54) is 0 Å². The Hall–Kier alpha value is -1.01. The molecule has 1 saturated carbocycles. The van der Waals surface area contributed by atoms with Crippen molar-refractivity contribution in [2.75, 3.05) is 12.8 Å². The lowest BCUT2D eigenvalue weighted by atomic mass is 9.64. The van der Waals surface area contributed by atoms with E-state index in [-0.39, 0.29) is 12.1 Å². The summed E-state index contributed by atoms with van der Waals surface area (Å²) in [5.74, 6) is -1.70. The number of sulfone groups is 1. The molecular weight excluding hydrogens is 260 g/mol. The van der Waals surface area contributed by atoms with Crippen LogP contribution in [-0.2, 0) is 15.3 Å². The van der Waals surface area contributed by atoms with Crippen molar-refractivity contribution in [2.45, 2.75) is 29.6 Å². The van der Waals surface area contributed by atoms with Gasteiger partial charge in [0.2, 0.25) is 0 Å². The summed E-state index contributed by atoms with van der Waals surface area (Å²) in [7, 11) is -3.71. The van der Waals surface area contributed by atoms with Crippen LogP contribution >= 0.6 is 0 Å². The van der Waals surface area contributed by atoms with Gasteiger partial charge in [0.1, 0.15) is 16.5 Å². The fourth-order valence-corrected chi connectivity index (χ4v) is 3.21. The summed E-state index contributed by atoms with van der Waals surface area (Å²) in [6.07, 6.45) is 2.93. The molecule has 1 aliphatic rings. The summed E-state index contributed by atoms with van der Waals surface area (Å²) >= 11 is 0. The molecule has 1 aliphatic carbocycles. The second kappa shape index (κ2) is 4.28. The molecule has 18 heavy (non-hydrogen) atoms. The van der Waals surface area contributed by atoms with Crippen LogP contribution in [0.5, 0.6) is 0 Å². The smallest absolute Gasteiger partial charge is 0.178 e. The predicted octanol–water partition coefficient (Wildman–Crippen LogP) is 1.75. The van der Waals surface area contributed by atoms with Gasteiger partial charge in [0.05, 0.1) is 0 Å². The largest absolute Gasteiger partial charge is 0.330 e. The number of hydrogen-bond acceptors (Lipinski definition) is 3. The van der Waals surface area contributed by atoms with Gasteiger partial charge in [-0.2, -0.15) is 0 Å². The summed E-state index contributed by atoms with van der Waals surface area (Å²) in [4.78, 5) is -0.460. The highest BCUT2D eigenvalue weighted by Gasteiger charge is 2.42. The molecule has 0 radical (unpaired) electrons. The molecular formula is C12H15F2NO2S. The van der Waals surface area contributed by atoms with Crippen LogP contribution in [0.15, 0.2) is 17.0 Å². The van der Waals surface area contributed by atoms with Crippen LogP contribution in [0.3, 0.4) is 0 Å². The van der Waals surface area contributed by atoms with Crippen molar-refractivity contribution in [3.63, 3.8) is 0 Å². The highest BCUT2D eigenvalue weighted by atomic mass is 32.2. The van der Waals surface area contributed by atoms with E-state index in [4.69, 9.17) is 5.73 Å². The van der Waals surface area contributed by atoms with Crippen molar-refractivity contribution in [3.8, 4) is 0 Å². The van der Waals surface area contributed by atoms with Crippen LogP contribution in [0.1, 0.15) is 24.8 Å². The van der Waals surface area contributed by atoms with Crippen LogP contribution in [0.2, 0.25) is 0 Å². The number of benzene rings is 1. The van der Waals surface area contributed by atoms with Gasteiger partial charge in [-0.05, 0) is 25.0 Å². The third kappa shape index (κ3) is 1.93. The van der Waals surface area contributed by atoms with E-state index in [1.807, 2.05) is 0 Å². The maximum absolute atomic E-state index is 14.3. The van der Waals surface area contributed by atoms with Gasteiger partial charge in [0.15, 0.2) is 9.84 Å². The quantitative estimate of drug-likeness (QED) is 0.855. The molecule has 6 heteroatoms. The van der Waals surface area contributed by atoms with Crippen LogP contribution in [0.4, 0.5) is 8.78 Å². The molecule has 0 bridgehead atoms. The molecule has 0 amide bonds. The Labute approximate surface area is 105 Å². The Balaban J connectivity index is 2.67. The Morgan fingerprint density at radius 1 is 1.33 bits per heavy atom. The minimum absolute atomic E-state index is 0.119. The molecule has 100 valence electrons. The third-order valence-electron chi connectivity index (χ3n) is 3.69. The van der Waals surface area contributed by atoms with Crippen LogP contribution in [0, 0.1) is 11.6 Å². The third-order valence-corrected chi connectivity index (χ3v) is 4.80. The van der Waals surface area contributed by atoms with Gasteiger partial charge in [-0.1, -0.05) is 6.42 Å². The highest BCUT2D eigenvalue weighted by molar-refractivity contribution is 7.90. The lowest BCUT2D eigenvalue weighted by molar-refractivity contribution is 0.234. The lowest BCUT2D eigenvalue weighted by Crippen LogP contribution is -2.43. The second-order valence-corrected chi connectivity index (χ2v) is 6.83. The molecule has 2 rings (SSSR count). The van der Waals surface area contributed by atoms with Crippen LogP contribution in [-0.4, -0.2) is 21.2 Å². The molecule has 0 unspecified atom stereocenters. The average Bonchev–Trinajstić information content (AvgIpc) is 2.19. The van der Waals surface area contributed by atoms with E-state index in [9.17, 15) is 17.2 Å². The number of rotatable bonds is 3. The molecule has 0 saturated heterocycles. The van der Waals surface area contributed by atoms with E-state index >= 15 is 0 Å². The molecule has 3 nitrogen and oxygen atoms in total. The van der Waals surface area contributed by atoms with Crippen molar-refractivity contribution in [1.82, 2.24) is 0 Å². The standard InChI is InChI=1S/C12H15F2NO2S/c1-18(16,17)9-4-3-8(13)10(11(9)14)12(7-15)5-2-6-12/h3-4H,2,5-7,15H2,1H3. The summed E-state index contributed by atoms with van der Waals surface area (Å²) in [6.45, 7) is 0.119. The van der Waals surface area contributed by atoms with Gasteiger partial charge in [-0.3, -0.25) is 0 Å².